The van der Waals surface area contributed by atoms with Crippen molar-refractivity contribution in [2.75, 3.05) is 13.2 Å². The number of hydrogen-bond acceptors (Lipinski definition) is 6. The highest BCUT2D eigenvalue weighted by molar-refractivity contribution is 5.72. The first kappa shape index (κ1) is 72.8. The fourth-order valence-corrected chi connectivity index (χ4v) is 8.74. The van der Waals surface area contributed by atoms with Gasteiger partial charge >= 0.3 is 17.9 Å². The summed E-state index contributed by atoms with van der Waals surface area (Å²) in [6, 6.07) is 0. The Balaban J connectivity index is 4.38. The van der Waals surface area contributed by atoms with Gasteiger partial charge in [-0.1, -0.05) is 284 Å². The zero-order valence-corrected chi connectivity index (χ0v) is 50.2. The van der Waals surface area contributed by atoms with Crippen LogP contribution >= 0.6 is 0 Å². The van der Waals surface area contributed by atoms with Gasteiger partial charge in [0.2, 0.25) is 0 Å². The molecule has 0 aromatic carbocycles. The van der Waals surface area contributed by atoms with Crippen molar-refractivity contribution in [1.29, 1.82) is 0 Å². The fraction of sp³-hybridized carbons (Fsp3) is 0.676. The van der Waals surface area contributed by atoms with E-state index in [4.69, 9.17) is 14.2 Å². The van der Waals surface area contributed by atoms with E-state index in [9.17, 15) is 14.4 Å². The minimum atomic E-state index is -0.835. The lowest BCUT2D eigenvalue weighted by atomic mass is 10.0. The van der Waals surface area contributed by atoms with Crippen molar-refractivity contribution in [3.63, 3.8) is 0 Å². The molecule has 1 atom stereocenters. The third kappa shape index (κ3) is 62.5. The van der Waals surface area contributed by atoms with E-state index in [0.717, 1.165) is 109 Å². The minimum absolute atomic E-state index is 0.118. The van der Waals surface area contributed by atoms with E-state index >= 15 is 0 Å². The monoisotopic (exact) mass is 1070 g/mol. The summed E-state index contributed by atoms with van der Waals surface area (Å²) in [4.78, 5) is 38.2. The highest BCUT2D eigenvalue weighted by Gasteiger charge is 2.19. The molecule has 0 radical (unpaired) electrons. The lowest BCUT2D eigenvalue weighted by Crippen LogP contribution is -2.30. The SMILES string of the molecule is CC/C=C\C/C=C\C/C=C\C/C=C\C/C=C\CC(=O)OCC(COC(=O)CCCCCCCCCCCCCCCCC/C=C\CCCCCCCCCC)OC(=O)CCCCCC/C=C\C/C=C\C/C=C\C/C=C\CC. The van der Waals surface area contributed by atoms with Gasteiger partial charge in [0.05, 0.1) is 6.42 Å². The maximum atomic E-state index is 12.9. The smallest absolute Gasteiger partial charge is 0.309 e. The molecule has 0 rings (SSSR count). The van der Waals surface area contributed by atoms with Crippen LogP contribution in [0.15, 0.2) is 122 Å². The molecule has 0 heterocycles. The van der Waals surface area contributed by atoms with Crippen molar-refractivity contribution in [2.45, 2.75) is 297 Å². The molecule has 438 valence electrons. The van der Waals surface area contributed by atoms with E-state index in [0.29, 0.717) is 6.42 Å². The van der Waals surface area contributed by atoms with Crippen LogP contribution in [0.2, 0.25) is 0 Å². The molecule has 0 saturated carbocycles. The maximum absolute atomic E-state index is 12.9. The summed E-state index contributed by atoms with van der Waals surface area (Å²) >= 11 is 0. The van der Waals surface area contributed by atoms with Crippen LogP contribution in [-0.4, -0.2) is 37.2 Å². The molecule has 0 aromatic rings. The van der Waals surface area contributed by atoms with Gasteiger partial charge in [0, 0.05) is 12.8 Å². The van der Waals surface area contributed by atoms with Crippen molar-refractivity contribution >= 4 is 17.9 Å². The number of esters is 3. The molecule has 0 N–H and O–H groups in total. The first-order valence-corrected chi connectivity index (χ1v) is 32.0. The number of carbonyl (C=O) groups is 3. The largest absolute Gasteiger partial charge is 0.462 e. The van der Waals surface area contributed by atoms with Crippen molar-refractivity contribution in [2.24, 2.45) is 0 Å². The highest BCUT2D eigenvalue weighted by atomic mass is 16.6. The van der Waals surface area contributed by atoms with Crippen LogP contribution in [0.25, 0.3) is 0 Å². The van der Waals surface area contributed by atoms with Crippen LogP contribution in [0.5, 0.6) is 0 Å². The predicted octanol–water partition coefficient (Wildman–Crippen LogP) is 22.0. The van der Waals surface area contributed by atoms with Crippen molar-refractivity contribution in [3.05, 3.63) is 122 Å². The highest BCUT2D eigenvalue weighted by Crippen LogP contribution is 2.16. The Hall–Kier alpha value is -4.19. The van der Waals surface area contributed by atoms with Gasteiger partial charge in [-0.15, -0.1) is 0 Å². The standard InChI is InChI=1S/C71H118O6/c1-4-7-10-13-16-19-22-25-28-30-31-32-33-34-35-36-37-38-39-41-43-46-49-52-55-58-61-64-70(73)76-67-68(66-75-69(72)63-60-57-54-51-48-45-42-27-24-21-18-15-12-9-6-3)77-71(74)65-62-59-56-53-50-47-44-40-29-26-23-20-17-14-11-8-5-2/h8-9,11-12,17-18,20-21,26-27,29-31,42,44,47-48,51,57,60,68H,4-7,10,13-16,19,22-25,28,32-41,43,45-46,49-50,52-56,58-59,61-67H2,1-3H3/b11-8-,12-9-,20-17-,21-18-,29-26-,31-30-,42-27-,47-44-,51-48-,60-57-. The van der Waals surface area contributed by atoms with E-state index in [-0.39, 0.29) is 38.0 Å². The summed E-state index contributed by atoms with van der Waals surface area (Å²) in [6.07, 6.45) is 89.6. The van der Waals surface area contributed by atoms with Crippen LogP contribution in [0.3, 0.4) is 0 Å². The number of allylic oxidation sites excluding steroid dienone is 19. The summed E-state index contributed by atoms with van der Waals surface area (Å²) in [5.41, 5.74) is 0. The predicted molar refractivity (Wildman–Crippen MR) is 334 cm³/mol. The average Bonchev–Trinajstić information content (AvgIpc) is 3.43. The van der Waals surface area contributed by atoms with Gasteiger partial charge in [0.15, 0.2) is 6.10 Å². The van der Waals surface area contributed by atoms with Crippen LogP contribution < -0.4 is 0 Å². The molecule has 0 aromatic heterocycles. The molecule has 0 saturated heterocycles. The Morgan fingerprint density at radius 2 is 0.558 bits per heavy atom. The molecule has 0 fully saturated rings. The number of hydrogen-bond donors (Lipinski definition) is 0. The summed E-state index contributed by atoms with van der Waals surface area (Å²) < 4.78 is 16.8. The lowest BCUT2D eigenvalue weighted by molar-refractivity contribution is -0.166. The molecule has 0 bridgehead atoms. The van der Waals surface area contributed by atoms with E-state index in [1.165, 1.54) is 141 Å². The van der Waals surface area contributed by atoms with Crippen molar-refractivity contribution in [3.8, 4) is 0 Å². The average molecular weight is 1070 g/mol. The molecule has 1 unspecified atom stereocenters. The zero-order chi connectivity index (χ0) is 55.7. The molecule has 0 amide bonds. The van der Waals surface area contributed by atoms with E-state index in [1.54, 1.807) is 6.08 Å². The number of rotatable bonds is 57. The van der Waals surface area contributed by atoms with E-state index < -0.39 is 12.1 Å². The topological polar surface area (TPSA) is 78.9 Å². The Morgan fingerprint density at radius 3 is 0.922 bits per heavy atom. The normalized spacial score (nSPS) is 12.9. The van der Waals surface area contributed by atoms with Crippen LogP contribution in [-0.2, 0) is 28.6 Å². The van der Waals surface area contributed by atoms with Crippen molar-refractivity contribution < 1.29 is 28.6 Å². The van der Waals surface area contributed by atoms with Gasteiger partial charge in [0.25, 0.3) is 0 Å². The van der Waals surface area contributed by atoms with E-state index in [1.807, 2.05) is 6.08 Å². The van der Waals surface area contributed by atoms with Gasteiger partial charge in [-0.05, 0) is 109 Å². The Bertz CT molecular complexity index is 1600. The molecule has 6 heteroatoms. The third-order valence-corrected chi connectivity index (χ3v) is 13.5. The Kier molecular flexibility index (Phi) is 60.8. The fourth-order valence-electron chi connectivity index (χ4n) is 8.74. The number of carbonyl (C=O) groups excluding carboxylic acids is 3. The molecular formula is C71H118O6. The molecule has 0 spiro atoms. The lowest BCUT2D eigenvalue weighted by Gasteiger charge is -2.18. The first-order valence-electron chi connectivity index (χ1n) is 32.0. The van der Waals surface area contributed by atoms with Crippen LogP contribution in [0.1, 0.15) is 290 Å². The summed E-state index contributed by atoms with van der Waals surface area (Å²) in [6.45, 7) is 6.32. The molecule has 77 heavy (non-hydrogen) atoms. The number of unbranched alkanes of at least 4 members (excludes halogenated alkanes) is 27. The molecule has 0 aliphatic heterocycles. The molecule has 0 aliphatic carbocycles. The van der Waals surface area contributed by atoms with E-state index in [2.05, 4.69) is 130 Å². The van der Waals surface area contributed by atoms with Gasteiger partial charge in [-0.25, -0.2) is 0 Å². The molecule has 6 nitrogen and oxygen atoms in total. The summed E-state index contributed by atoms with van der Waals surface area (Å²) in [7, 11) is 0. The second-order valence-corrected chi connectivity index (χ2v) is 20.9. The summed E-state index contributed by atoms with van der Waals surface area (Å²) in [5.74, 6) is -1.07. The van der Waals surface area contributed by atoms with Crippen LogP contribution in [0.4, 0.5) is 0 Å². The van der Waals surface area contributed by atoms with Gasteiger partial charge in [0.1, 0.15) is 13.2 Å². The Labute approximate surface area is 475 Å². The minimum Gasteiger partial charge on any atom is -0.462 e. The third-order valence-electron chi connectivity index (χ3n) is 13.5. The summed E-state index contributed by atoms with van der Waals surface area (Å²) in [5, 5.41) is 0. The number of ether oxygens (including phenoxy) is 3. The Morgan fingerprint density at radius 1 is 0.286 bits per heavy atom. The first-order chi connectivity index (χ1) is 38.0. The van der Waals surface area contributed by atoms with Gasteiger partial charge in [-0.3, -0.25) is 14.4 Å². The van der Waals surface area contributed by atoms with Crippen LogP contribution in [0, 0.1) is 0 Å². The second-order valence-electron chi connectivity index (χ2n) is 20.9. The van der Waals surface area contributed by atoms with Gasteiger partial charge < -0.3 is 14.2 Å². The quantitative estimate of drug-likeness (QED) is 0.0261. The molecule has 0 aliphatic rings. The zero-order valence-electron chi connectivity index (χ0n) is 50.2. The molecular weight excluding hydrogens is 949 g/mol. The van der Waals surface area contributed by atoms with Crippen molar-refractivity contribution in [1.82, 2.24) is 0 Å². The second kappa shape index (κ2) is 64.3. The maximum Gasteiger partial charge on any atom is 0.309 e. The van der Waals surface area contributed by atoms with Gasteiger partial charge in [-0.2, -0.15) is 0 Å².